The zero-order valence-corrected chi connectivity index (χ0v) is 26.9. The molecule has 2 aromatic rings. The van der Waals surface area contributed by atoms with Crippen LogP contribution in [-0.2, 0) is 36.8 Å². The Hall–Kier alpha value is -3.75. The Labute approximate surface area is 267 Å². The highest BCUT2D eigenvalue weighted by Crippen LogP contribution is 2.22. The summed E-state index contributed by atoms with van der Waals surface area (Å²) in [5.41, 5.74) is 9.22. The molecule has 0 aromatic heterocycles. The molecule has 0 heterocycles. The summed E-state index contributed by atoms with van der Waals surface area (Å²) >= 11 is 8.42. The van der Waals surface area contributed by atoms with Crippen LogP contribution in [0.2, 0.25) is 0 Å². The number of carboxylic acid groups (broad SMARTS) is 1. The standard InChI is InChI=1S/C30H41N5O7S2/c1-16-10-19(36)11-17(2)20(16)13-21(31)26(38)35-25(30(3,4)44)28(40)32-14-24(37)33-22(12-18-8-6-5-7-9-18)27(39)34-23(15-43)29(41)42/h5-11,21-23,25,36,43-44H,12-15,31H2,1-4H3,(H,32,40)(H,33,37)(H,34,39)(H,35,38)(H,41,42)/t21-,22-,23-,25-/m0/s1. The smallest absolute Gasteiger partial charge is 0.327 e. The third-order valence-electron chi connectivity index (χ3n) is 6.85. The quantitative estimate of drug-likeness (QED) is 0.124. The van der Waals surface area contributed by atoms with Gasteiger partial charge in [-0.25, -0.2) is 4.79 Å². The van der Waals surface area contributed by atoms with Gasteiger partial charge in [-0.15, -0.1) is 0 Å². The van der Waals surface area contributed by atoms with Gasteiger partial charge in [0.25, 0.3) is 0 Å². The first kappa shape index (κ1) is 36.4. The van der Waals surface area contributed by atoms with Gasteiger partial charge >= 0.3 is 5.97 Å². The predicted molar refractivity (Wildman–Crippen MR) is 173 cm³/mol. The number of aromatic hydroxyl groups is 1. The van der Waals surface area contributed by atoms with Crippen LogP contribution in [0.25, 0.3) is 0 Å². The van der Waals surface area contributed by atoms with E-state index in [1.54, 1.807) is 70.2 Å². The number of hydrogen-bond donors (Lipinski definition) is 9. The Morgan fingerprint density at radius 1 is 0.886 bits per heavy atom. The number of carbonyl (C=O) groups is 5. The number of nitrogens with two attached hydrogens (primary N) is 1. The van der Waals surface area contributed by atoms with Crippen LogP contribution in [0.3, 0.4) is 0 Å². The first-order valence-electron chi connectivity index (χ1n) is 13.9. The number of carbonyl (C=O) groups excluding carboxylic acids is 4. The van der Waals surface area contributed by atoms with Gasteiger partial charge in [-0.3, -0.25) is 19.2 Å². The Balaban J connectivity index is 2.09. The molecule has 2 aromatic carbocycles. The maximum absolute atomic E-state index is 13.2. The van der Waals surface area contributed by atoms with E-state index >= 15 is 0 Å². The van der Waals surface area contributed by atoms with Crippen LogP contribution in [0.1, 0.15) is 36.1 Å². The summed E-state index contributed by atoms with van der Waals surface area (Å²) < 4.78 is -1.06. The third kappa shape index (κ3) is 11.1. The van der Waals surface area contributed by atoms with E-state index in [4.69, 9.17) is 5.73 Å². The van der Waals surface area contributed by atoms with Crippen molar-refractivity contribution >= 4 is 54.9 Å². The number of phenols is 1. The summed E-state index contributed by atoms with van der Waals surface area (Å²) in [5.74, 6) is -4.10. The molecule has 0 fully saturated rings. The van der Waals surface area contributed by atoms with E-state index in [0.29, 0.717) is 5.56 Å². The fourth-order valence-corrected chi connectivity index (χ4v) is 4.88. The summed E-state index contributed by atoms with van der Waals surface area (Å²) in [7, 11) is 0. The number of nitrogens with one attached hydrogen (secondary N) is 4. The first-order valence-corrected chi connectivity index (χ1v) is 14.9. The molecule has 0 aliphatic carbocycles. The van der Waals surface area contributed by atoms with Crippen LogP contribution >= 0.6 is 25.3 Å². The average molecular weight is 648 g/mol. The lowest BCUT2D eigenvalue weighted by Crippen LogP contribution is -2.60. The maximum atomic E-state index is 13.2. The van der Waals surface area contributed by atoms with Crippen molar-refractivity contribution < 1.29 is 34.2 Å². The molecule has 2 rings (SSSR count). The van der Waals surface area contributed by atoms with Gasteiger partial charge in [-0.2, -0.15) is 25.3 Å². The maximum Gasteiger partial charge on any atom is 0.327 e. The number of aryl methyl sites for hydroxylation is 2. The number of rotatable bonds is 15. The zero-order chi connectivity index (χ0) is 33.2. The molecule has 0 radical (unpaired) electrons. The molecular weight excluding hydrogens is 606 g/mol. The number of carboxylic acids is 1. The van der Waals surface area contributed by atoms with Crippen molar-refractivity contribution in [2.45, 2.75) is 69.5 Å². The van der Waals surface area contributed by atoms with E-state index in [1.807, 2.05) is 0 Å². The second kappa shape index (κ2) is 16.4. The SMILES string of the molecule is Cc1cc(O)cc(C)c1C[C@H](N)C(=O)N[C@@H](C(=O)NCC(=O)N[C@@H](Cc1ccccc1)C(=O)N[C@@H](CS)C(=O)O)C(C)(C)S. The fraction of sp³-hybridized carbons (Fsp3) is 0.433. The Morgan fingerprint density at radius 2 is 1.48 bits per heavy atom. The molecule has 12 nitrogen and oxygen atoms in total. The number of thiol groups is 2. The monoisotopic (exact) mass is 647 g/mol. The van der Waals surface area contributed by atoms with Crippen LogP contribution in [0, 0.1) is 13.8 Å². The van der Waals surface area contributed by atoms with Crippen molar-refractivity contribution in [1.82, 2.24) is 21.3 Å². The lowest BCUT2D eigenvalue weighted by Gasteiger charge is -2.30. The summed E-state index contributed by atoms with van der Waals surface area (Å²) in [5, 5.41) is 29.1. The predicted octanol–water partition coefficient (Wildman–Crippen LogP) is 0.415. The number of amides is 4. The molecule has 0 spiro atoms. The third-order valence-corrected chi connectivity index (χ3v) is 7.47. The van der Waals surface area contributed by atoms with E-state index < -0.39 is 65.1 Å². The Bertz CT molecular complexity index is 1330. The minimum atomic E-state index is -1.28. The molecule has 0 bridgehead atoms. The lowest BCUT2D eigenvalue weighted by molar-refractivity contribution is -0.141. The molecule has 4 atom stereocenters. The van der Waals surface area contributed by atoms with E-state index in [0.717, 1.165) is 16.7 Å². The van der Waals surface area contributed by atoms with Crippen molar-refractivity contribution in [1.29, 1.82) is 0 Å². The Kier molecular flexibility index (Phi) is 13.5. The highest BCUT2D eigenvalue weighted by Gasteiger charge is 2.35. The number of aliphatic carboxylic acids is 1. The second-order valence-electron chi connectivity index (χ2n) is 11.1. The van der Waals surface area contributed by atoms with Gasteiger partial charge < -0.3 is 37.2 Å². The molecule has 0 saturated heterocycles. The van der Waals surface area contributed by atoms with Crippen LogP contribution in [0.4, 0.5) is 0 Å². The molecule has 44 heavy (non-hydrogen) atoms. The highest BCUT2D eigenvalue weighted by molar-refractivity contribution is 7.81. The van der Waals surface area contributed by atoms with Crippen molar-refractivity contribution in [3.8, 4) is 5.75 Å². The van der Waals surface area contributed by atoms with Gasteiger partial charge in [-0.1, -0.05) is 30.3 Å². The normalized spacial score (nSPS) is 14.0. The minimum absolute atomic E-state index is 0.0610. The van der Waals surface area contributed by atoms with Crippen LogP contribution < -0.4 is 27.0 Å². The van der Waals surface area contributed by atoms with E-state index in [-0.39, 0.29) is 24.3 Å². The van der Waals surface area contributed by atoms with Gasteiger partial charge in [0.05, 0.1) is 12.6 Å². The summed E-state index contributed by atoms with van der Waals surface area (Å²) in [6, 6.07) is 7.32. The minimum Gasteiger partial charge on any atom is -0.508 e. The molecule has 0 saturated carbocycles. The largest absolute Gasteiger partial charge is 0.508 e. The summed E-state index contributed by atoms with van der Waals surface area (Å²) in [4.78, 5) is 63.3. The fourth-order valence-electron chi connectivity index (χ4n) is 4.45. The molecule has 0 unspecified atom stereocenters. The van der Waals surface area contributed by atoms with Gasteiger partial charge in [-0.05, 0) is 68.5 Å². The molecule has 8 N–H and O–H groups in total. The van der Waals surface area contributed by atoms with E-state index in [2.05, 4.69) is 46.5 Å². The molecule has 240 valence electrons. The van der Waals surface area contributed by atoms with Crippen molar-refractivity contribution in [3.63, 3.8) is 0 Å². The average Bonchev–Trinajstić information content (AvgIpc) is 2.94. The van der Waals surface area contributed by atoms with Gasteiger partial charge in [0.15, 0.2) is 0 Å². The van der Waals surface area contributed by atoms with Gasteiger partial charge in [0.2, 0.25) is 23.6 Å². The second-order valence-corrected chi connectivity index (χ2v) is 12.6. The molecule has 0 aliphatic heterocycles. The van der Waals surface area contributed by atoms with Crippen molar-refractivity contribution in [2.75, 3.05) is 12.3 Å². The van der Waals surface area contributed by atoms with E-state index in [9.17, 15) is 34.2 Å². The van der Waals surface area contributed by atoms with Gasteiger partial charge in [0.1, 0.15) is 23.9 Å². The summed E-state index contributed by atoms with van der Waals surface area (Å²) in [6.45, 7) is 6.27. The van der Waals surface area contributed by atoms with Crippen LogP contribution in [0.15, 0.2) is 42.5 Å². The van der Waals surface area contributed by atoms with Crippen LogP contribution in [0.5, 0.6) is 5.75 Å². The highest BCUT2D eigenvalue weighted by atomic mass is 32.1. The van der Waals surface area contributed by atoms with Crippen molar-refractivity contribution in [3.05, 3.63) is 64.7 Å². The van der Waals surface area contributed by atoms with E-state index in [1.165, 1.54) is 0 Å². The first-order chi connectivity index (χ1) is 20.5. The molecular formula is C30H41N5O7S2. The summed E-state index contributed by atoms with van der Waals surface area (Å²) in [6.07, 6.45) is 0.222. The van der Waals surface area contributed by atoms with Crippen LogP contribution in [-0.4, -0.2) is 81.0 Å². The molecule has 14 heteroatoms. The molecule has 0 aliphatic rings. The molecule has 4 amide bonds. The number of hydrogen-bond acceptors (Lipinski definition) is 9. The lowest BCUT2D eigenvalue weighted by atomic mass is 9.95. The topological polar surface area (TPSA) is 200 Å². The number of benzene rings is 2. The van der Waals surface area contributed by atoms with Crippen molar-refractivity contribution in [2.24, 2.45) is 5.73 Å². The number of phenolic OH excluding ortho intramolecular Hbond substituents is 1. The Morgan fingerprint density at radius 3 is 2.00 bits per heavy atom. The van der Waals surface area contributed by atoms with Gasteiger partial charge in [0, 0.05) is 16.9 Å². The zero-order valence-electron chi connectivity index (χ0n) is 25.1.